The van der Waals surface area contributed by atoms with Crippen molar-refractivity contribution < 1.29 is 18.0 Å². The standard InChI is InChI=1S/C27H41N3O4S/c1-6-24(31)29-22-18-26(2,3)30(27(4,5)19-22)35(33,34)23-14-12-21(13-15-23)25(32)28-17-16-20-10-8-7-9-11-20/h6,12-15,20,22H,1,7-11,16-19H2,2-5H3,(H,28,32)(H,29,31). The van der Waals surface area contributed by atoms with Crippen LogP contribution in [-0.4, -0.2) is 48.2 Å². The molecule has 1 aliphatic carbocycles. The molecule has 1 saturated heterocycles. The molecule has 0 unspecified atom stereocenters. The number of amides is 2. The van der Waals surface area contributed by atoms with Crippen LogP contribution in [0.1, 0.15) is 89.4 Å². The van der Waals surface area contributed by atoms with Gasteiger partial charge in [0.05, 0.1) is 4.90 Å². The summed E-state index contributed by atoms with van der Waals surface area (Å²) in [6.07, 6.45) is 9.55. The first-order valence-corrected chi connectivity index (χ1v) is 14.2. The van der Waals surface area contributed by atoms with E-state index in [4.69, 9.17) is 0 Å². The second-order valence-corrected chi connectivity index (χ2v) is 13.1. The molecule has 2 aliphatic rings. The van der Waals surface area contributed by atoms with Gasteiger partial charge in [-0.2, -0.15) is 4.31 Å². The molecule has 0 atom stereocenters. The van der Waals surface area contributed by atoms with Crippen molar-refractivity contribution in [3.05, 3.63) is 42.5 Å². The number of sulfonamides is 1. The molecular formula is C27H41N3O4S. The quantitative estimate of drug-likeness (QED) is 0.514. The summed E-state index contributed by atoms with van der Waals surface area (Å²) < 4.78 is 29.1. The fourth-order valence-corrected chi connectivity index (χ4v) is 8.27. The largest absolute Gasteiger partial charge is 0.352 e. The Hall–Kier alpha value is -2.19. The number of benzene rings is 1. The maximum atomic E-state index is 13.8. The van der Waals surface area contributed by atoms with E-state index >= 15 is 0 Å². The van der Waals surface area contributed by atoms with E-state index in [1.54, 1.807) is 16.4 Å². The van der Waals surface area contributed by atoms with Crippen molar-refractivity contribution in [3.8, 4) is 0 Å². The zero-order chi connectivity index (χ0) is 25.9. The molecule has 0 bridgehead atoms. The summed E-state index contributed by atoms with van der Waals surface area (Å²) in [5, 5.41) is 5.90. The molecule has 8 heteroatoms. The number of piperidine rings is 1. The molecule has 3 rings (SSSR count). The van der Waals surface area contributed by atoms with Crippen molar-refractivity contribution in [1.29, 1.82) is 0 Å². The van der Waals surface area contributed by atoms with Crippen molar-refractivity contribution in [2.75, 3.05) is 6.54 Å². The van der Waals surface area contributed by atoms with Crippen LogP contribution in [0.3, 0.4) is 0 Å². The maximum absolute atomic E-state index is 13.8. The van der Waals surface area contributed by atoms with Crippen LogP contribution in [0.5, 0.6) is 0 Å². The second-order valence-electron chi connectivity index (χ2n) is 11.3. The summed E-state index contributed by atoms with van der Waals surface area (Å²) in [6.45, 7) is 11.7. The van der Waals surface area contributed by atoms with Gasteiger partial charge in [0.1, 0.15) is 0 Å². The highest BCUT2D eigenvalue weighted by Crippen LogP contribution is 2.42. The van der Waals surface area contributed by atoms with E-state index in [9.17, 15) is 18.0 Å². The van der Waals surface area contributed by atoms with Crippen LogP contribution in [0.2, 0.25) is 0 Å². The fraction of sp³-hybridized carbons (Fsp3) is 0.630. The lowest BCUT2D eigenvalue weighted by Gasteiger charge is -2.53. The summed E-state index contributed by atoms with van der Waals surface area (Å²) >= 11 is 0. The van der Waals surface area contributed by atoms with E-state index < -0.39 is 21.1 Å². The van der Waals surface area contributed by atoms with E-state index in [1.807, 2.05) is 27.7 Å². The van der Waals surface area contributed by atoms with E-state index in [-0.39, 0.29) is 22.8 Å². The Bertz CT molecular complexity index is 1010. The van der Waals surface area contributed by atoms with E-state index in [0.717, 1.165) is 6.42 Å². The fourth-order valence-electron chi connectivity index (χ4n) is 6.13. The molecule has 1 aromatic rings. The number of hydrogen-bond acceptors (Lipinski definition) is 4. The van der Waals surface area contributed by atoms with Crippen molar-refractivity contribution in [1.82, 2.24) is 14.9 Å². The zero-order valence-corrected chi connectivity index (χ0v) is 22.4. The first-order chi connectivity index (χ1) is 16.4. The lowest BCUT2D eigenvalue weighted by molar-refractivity contribution is -0.118. The van der Waals surface area contributed by atoms with Crippen molar-refractivity contribution in [2.45, 2.75) is 101 Å². The molecule has 1 aliphatic heterocycles. The Morgan fingerprint density at radius 3 is 2.14 bits per heavy atom. The molecule has 2 N–H and O–H groups in total. The summed E-state index contributed by atoms with van der Waals surface area (Å²) in [5.74, 6) is 0.257. The summed E-state index contributed by atoms with van der Waals surface area (Å²) in [7, 11) is -3.84. The first-order valence-electron chi connectivity index (χ1n) is 12.7. The highest BCUT2D eigenvalue weighted by molar-refractivity contribution is 7.89. The van der Waals surface area contributed by atoms with Crippen LogP contribution in [0, 0.1) is 5.92 Å². The molecule has 0 aromatic heterocycles. The van der Waals surface area contributed by atoms with E-state index in [1.165, 1.54) is 50.3 Å². The number of nitrogens with zero attached hydrogens (tertiary/aromatic N) is 1. The highest BCUT2D eigenvalue weighted by atomic mass is 32.2. The van der Waals surface area contributed by atoms with Crippen LogP contribution in [0.4, 0.5) is 0 Å². The SMILES string of the molecule is C=CC(=O)NC1CC(C)(C)N(S(=O)(=O)c2ccc(C(=O)NCCC3CCCCC3)cc2)C(C)(C)C1. The predicted octanol–water partition coefficient (Wildman–Crippen LogP) is 4.40. The summed E-state index contributed by atoms with van der Waals surface area (Å²) in [4.78, 5) is 24.6. The van der Waals surface area contributed by atoms with Gasteiger partial charge in [-0.3, -0.25) is 9.59 Å². The third-order valence-electron chi connectivity index (χ3n) is 7.34. The minimum Gasteiger partial charge on any atom is -0.352 e. The third-order valence-corrected chi connectivity index (χ3v) is 9.68. The smallest absolute Gasteiger partial charge is 0.251 e. The Morgan fingerprint density at radius 1 is 1.03 bits per heavy atom. The lowest BCUT2D eigenvalue weighted by Crippen LogP contribution is -2.65. The van der Waals surface area contributed by atoms with Gasteiger partial charge in [-0.25, -0.2) is 8.42 Å². The molecule has 194 valence electrons. The lowest BCUT2D eigenvalue weighted by atomic mass is 9.79. The average molecular weight is 504 g/mol. The van der Waals surface area contributed by atoms with Crippen LogP contribution >= 0.6 is 0 Å². The molecule has 0 radical (unpaired) electrons. The van der Waals surface area contributed by atoms with Gasteiger partial charge < -0.3 is 10.6 Å². The molecule has 35 heavy (non-hydrogen) atoms. The molecule has 2 fully saturated rings. The first kappa shape index (κ1) is 27.4. The molecule has 2 amide bonds. The Balaban J connectivity index is 1.70. The molecule has 1 saturated carbocycles. The molecule has 1 aromatic carbocycles. The molecule has 0 spiro atoms. The Kier molecular flexibility index (Phi) is 8.48. The van der Waals surface area contributed by atoms with Crippen molar-refractivity contribution in [2.24, 2.45) is 5.92 Å². The average Bonchev–Trinajstić information content (AvgIpc) is 2.77. The van der Waals surface area contributed by atoms with Crippen LogP contribution in [0.25, 0.3) is 0 Å². The maximum Gasteiger partial charge on any atom is 0.251 e. The monoisotopic (exact) mass is 503 g/mol. The van der Waals surface area contributed by atoms with Gasteiger partial charge in [-0.15, -0.1) is 0 Å². The molecular weight excluding hydrogens is 462 g/mol. The summed E-state index contributed by atoms with van der Waals surface area (Å²) in [5.41, 5.74) is -0.999. The molecule has 1 heterocycles. The van der Waals surface area contributed by atoms with Gasteiger partial charge in [0.2, 0.25) is 15.9 Å². The van der Waals surface area contributed by atoms with E-state index in [0.29, 0.717) is 30.9 Å². The van der Waals surface area contributed by atoms with E-state index in [2.05, 4.69) is 17.2 Å². The van der Waals surface area contributed by atoms with Gasteiger partial charge in [-0.05, 0) is 83.2 Å². The van der Waals surface area contributed by atoms with Gasteiger partial charge in [0, 0.05) is 29.2 Å². The van der Waals surface area contributed by atoms with Gasteiger partial charge in [0.25, 0.3) is 5.91 Å². The predicted molar refractivity (Wildman–Crippen MR) is 139 cm³/mol. The van der Waals surface area contributed by atoms with Gasteiger partial charge in [-0.1, -0.05) is 38.7 Å². The second kappa shape index (κ2) is 10.8. The number of rotatable bonds is 8. The van der Waals surface area contributed by atoms with Crippen LogP contribution in [-0.2, 0) is 14.8 Å². The number of hydrogen-bond donors (Lipinski definition) is 2. The van der Waals surface area contributed by atoms with Crippen LogP contribution in [0.15, 0.2) is 41.8 Å². The van der Waals surface area contributed by atoms with Crippen molar-refractivity contribution >= 4 is 21.8 Å². The van der Waals surface area contributed by atoms with Gasteiger partial charge >= 0.3 is 0 Å². The van der Waals surface area contributed by atoms with Crippen molar-refractivity contribution in [3.63, 3.8) is 0 Å². The van der Waals surface area contributed by atoms with Crippen LogP contribution < -0.4 is 10.6 Å². The Labute approximate surface area is 210 Å². The highest BCUT2D eigenvalue weighted by Gasteiger charge is 2.51. The number of carbonyl (C=O) groups is 2. The Morgan fingerprint density at radius 2 is 1.60 bits per heavy atom. The zero-order valence-electron chi connectivity index (χ0n) is 21.6. The third kappa shape index (κ3) is 6.53. The number of nitrogens with one attached hydrogen (secondary N) is 2. The minimum atomic E-state index is -3.84. The molecule has 7 nitrogen and oxygen atoms in total. The van der Waals surface area contributed by atoms with Gasteiger partial charge in [0.15, 0.2) is 0 Å². The normalized spacial score (nSPS) is 21.3. The number of carbonyl (C=O) groups excluding carboxylic acids is 2. The topological polar surface area (TPSA) is 95.6 Å². The summed E-state index contributed by atoms with van der Waals surface area (Å²) in [6, 6.07) is 6.04. The minimum absolute atomic E-state index is 0.156.